The average molecular weight is 341 g/mol. The molecule has 3 nitrogen and oxygen atoms in total. The second kappa shape index (κ2) is 9.47. The lowest BCUT2D eigenvalue weighted by atomic mass is 9.91. The molecule has 2 aromatic rings. The topological polar surface area (TPSA) is 44.5 Å². The van der Waals surface area contributed by atoms with Crippen LogP contribution < -0.4 is 15.2 Å². The molecule has 1 atom stereocenters. The normalized spacial score (nSPS) is 12.2. The van der Waals surface area contributed by atoms with Crippen molar-refractivity contribution in [3.8, 4) is 11.5 Å². The Balaban J connectivity index is 2.13. The highest BCUT2D eigenvalue weighted by Crippen LogP contribution is 2.30. The van der Waals surface area contributed by atoms with Crippen molar-refractivity contribution >= 4 is 0 Å². The molecule has 0 amide bonds. The van der Waals surface area contributed by atoms with Gasteiger partial charge in [0.25, 0.3) is 0 Å². The van der Waals surface area contributed by atoms with E-state index in [9.17, 15) is 0 Å². The summed E-state index contributed by atoms with van der Waals surface area (Å²) in [6.45, 7) is 7.75. The highest BCUT2D eigenvalue weighted by atomic mass is 16.5. The van der Waals surface area contributed by atoms with E-state index in [2.05, 4.69) is 57.2 Å². The van der Waals surface area contributed by atoms with Crippen LogP contribution in [0.3, 0.4) is 0 Å². The summed E-state index contributed by atoms with van der Waals surface area (Å²) in [5.41, 5.74) is 9.91. The Morgan fingerprint density at radius 1 is 0.960 bits per heavy atom. The molecule has 25 heavy (non-hydrogen) atoms. The van der Waals surface area contributed by atoms with Crippen molar-refractivity contribution in [1.82, 2.24) is 0 Å². The van der Waals surface area contributed by atoms with E-state index in [1.54, 1.807) is 7.11 Å². The Labute approximate surface area is 152 Å². The number of methoxy groups -OCH3 is 1. The fraction of sp³-hybridized carbons (Fsp3) is 0.455. The summed E-state index contributed by atoms with van der Waals surface area (Å²) in [5, 5.41) is 0. The van der Waals surface area contributed by atoms with E-state index in [0.29, 0.717) is 25.0 Å². The maximum atomic E-state index is 6.05. The van der Waals surface area contributed by atoms with Gasteiger partial charge in [0.2, 0.25) is 0 Å². The number of rotatable bonds is 9. The van der Waals surface area contributed by atoms with Gasteiger partial charge in [-0.15, -0.1) is 0 Å². The summed E-state index contributed by atoms with van der Waals surface area (Å²) in [7, 11) is 1.69. The molecule has 136 valence electrons. The van der Waals surface area contributed by atoms with Crippen LogP contribution >= 0.6 is 0 Å². The first-order valence-corrected chi connectivity index (χ1v) is 9.16. The zero-order valence-corrected chi connectivity index (χ0v) is 15.9. The van der Waals surface area contributed by atoms with E-state index in [-0.39, 0.29) is 0 Å². The Hall–Kier alpha value is -2.00. The van der Waals surface area contributed by atoms with Crippen LogP contribution in [0.4, 0.5) is 0 Å². The molecule has 0 aliphatic rings. The van der Waals surface area contributed by atoms with Crippen molar-refractivity contribution in [2.24, 2.45) is 11.7 Å². The minimum absolute atomic E-state index is 0.304. The number of benzene rings is 2. The molecule has 0 aliphatic heterocycles. The molecule has 2 rings (SSSR count). The third-order valence-corrected chi connectivity index (χ3v) is 4.43. The summed E-state index contributed by atoms with van der Waals surface area (Å²) in [5.74, 6) is 2.38. The SMILES string of the molecule is CCc1ccc(C(CN)Cc2ccc(OCC(C)C)c(OC)c2)cc1. The Morgan fingerprint density at radius 3 is 2.20 bits per heavy atom. The van der Waals surface area contributed by atoms with Crippen LogP contribution in [0.5, 0.6) is 11.5 Å². The molecule has 2 aromatic carbocycles. The van der Waals surface area contributed by atoms with Crippen LogP contribution in [-0.4, -0.2) is 20.3 Å². The Morgan fingerprint density at radius 2 is 1.64 bits per heavy atom. The quantitative estimate of drug-likeness (QED) is 0.726. The lowest BCUT2D eigenvalue weighted by Gasteiger charge is -2.18. The maximum absolute atomic E-state index is 6.05. The van der Waals surface area contributed by atoms with Gasteiger partial charge in [0.1, 0.15) is 0 Å². The smallest absolute Gasteiger partial charge is 0.161 e. The number of hydrogen-bond donors (Lipinski definition) is 1. The average Bonchev–Trinajstić information content (AvgIpc) is 2.64. The minimum Gasteiger partial charge on any atom is -0.493 e. The third kappa shape index (κ3) is 5.50. The molecule has 0 aromatic heterocycles. The molecular formula is C22H31NO2. The number of aryl methyl sites for hydroxylation is 1. The van der Waals surface area contributed by atoms with Gasteiger partial charge in [-0.25, -0.2) is 0 Å². The monoisotopic (exact) mass is 341 g/mol. The molecule has 0 saturated carbocycles. The first-order valence-electron chi connectivity index (χ1n) is 9.16. The lowest BCUT2D eigenvalue weighted by Crippen LogP contribution is -2.15. The highest BCUT2D eigenvalue weighted by molar-refractivity contribution is 5.43. The van der Waals surface area contributed by atoms with E-state index >= 15 is 0 Å². The van der Waals surface area contributed by atoms with Gasteiger partial charge in [0, 0.05) is 5.92 Å². The van der Waals surface area contributed by atoms with E-state index in [1.807, 2.05) is 6.07 Å². The summed E-state index contributed by atoms with van der Waals surface area (Å²) in [6.07, 6.45) is 1.95. The largest absolute Gasteiger partial charge is 0.493 e. The molecule has 0 heterocycles. The van der Waals surface area contributed by atoms with Crippen molar-refractivity contribution in [3.05, 3.63) is 59.2 Å². The molecule has 3 heteroatoms. The fourth-order valence-electron chi connectivity index (χ4n) is 2.86. The van der Waals surface area contributed by atoms with E-state index in [4.69, 9.17) is 15.2 Å². The first-order chi connectivity index (χ1) is 12.1. The number of ether oxygens (including phenoxy) is 2. The summed E-state index contributed by atoms with van der Waals surface area (Å²) < 4.78 is 11.3. The zero-order valence-electron chi connectivity index (χ0n) is 15.9. The molecule has 0 radical (unpaired) electrons. The molecule has 1 unspecified atom stereocenters. The Bertz CT molecular complexity index is 650. The Kier molecular flexibility index (Phi) is 7.32. The second-order valence-electron chi connectivity index (χ2n) is 6.92. The highest BCUT2D eigenvalue weighted by Gasteiger charge is 2.13. The van der Waals surface area contributed by atoms with Crippen LogP contribution in [0.15, 0.2) is 42.5 Å². The fourth-order valence-corrected chi connectivity index (χ4v) is 2.86. The van der Waals surface area contributed by atoms with Crippen molar-refractivity contribution in [1.29, 1.82) is 0 Å². The predicted molar refractivity (Wildman–Crippen MR) is 105 cm³/mol. The molecule has 0 saturated heterocycles. The molecular weight excluding hydrogens is 310 g/mol. The van der Waals surface area contributed by atoms with E-state index in [0.717, 1.165) is 24.3 Å². The van der Waals surface area contributed by atoms with Gasteiger partial charge >= 0.3 is 0 Å². The number of hydrogen-bond acceptors (Lipinski definition) is 3. The van der Waals surface area contributed by atoms with Gasteiger partial charge in [0.05, 0.1) is 13.7 Å². The van der Waals surface area contributed by atoms with Crippen molar-refractivity contribution in [3.63, 3.8) is 0 Å². The summed E-state index contributed by atoms with van der Waals surface area (Å²) >= 11 is 0. The molecule has 0 bridgehead atoms. The van der Waals surface area contributed by atoms with Gasteiger partial charge in [0.15, 0.2) is 11.5 Å². The lowest BCUT2D eigenvalue weighted by molar-refractivity contribution is 0.256. The van der Waals surface area contributed by atoms with Gasteiger partial charge in [-0.2, -0.15) is 0 Å². The zero-order chi connectivity index (χ0) is 18.2. The molecule has 0 spiro atoms. The van der Waals surface area contributed by atoms with Crippen molar-refractivity contribution < 1.29 is 9.47 Å². The van der Waals surface area contributed by atoms with Crippen molar-refractivity contribution in [2.75, 3.05) is 20.3 Å². The van der Waals surface area contributed by atoms with Gasteiger partial charge in [-0.1, -0.05) is 51.1 Å². The van der Waals surface area contributed by atoms with Crippen LogP contribution in [0.1, 0.15) is 43.4 Å². The molecule has 2 N–H and O–H groups in total. The summed E-state index contributed by atoms with van der Waals surface area (Å²) in [6, 6.07) is 15.0. The number of nitrogens with two attached hydrogens (primary N) is 1. The second-order valence-corrected chi connectivity index (χ2v) is 6.92. The van der Waals surface area contributed by atoms with Crippen LogP contribution in [0.2, 0.25) is 0 Å². The standard InChI is InChI=1S/C22H31NO2/c1-5-17-6-9-19(10-7-17)20(14-23)12-18-8-11-21(22(13-18)24-4)25-15-16(2)3/h6-11,13,16,20H,5,12,14-15,23H2,1-4H3. The third-order valence-electron chi connectivity index (χ3n) is 4.43. The van der Waals surface area contributed by atoms with Crippen LogP contribution in [0, 0.1) is 5.92 Å². The van der Waals surface area contributed by atoms with Gasteiger partial charge < -0.3 is 15.2 Å². The molecule has 0 fully saturated rings. The predicted octanol–water partition coefficient (Wildman–Crippen LogP) is 4.58. The van der Waals surface area contributed by atoms with Crippen LogP contribution in [-0.2, 0) is 12.8 Å². The van der Waals surface area contributed by atoms with Gasteiger partial charge in [-0.3, -0.25) is 0 Å². The summed E-state index contributed by atoms with van der Waals surface area (Å²) in [4.78, 5) is 0. The first kappa shape index (κ1) is 19.3. The van der Waals surface area contributed by atoms with E-state index < -0.39 is 0 Å². The molecule has 0 aliphatic carbocycles. The van der Waals surface area contributed by atoms with Crippen LogP contribution in [0.25, 0.3) is 0 Å². The van der Waals surface area contributed by atoms with E-state index in [1.165, 1.54) is 16.7 Å². The minimum atomic E-state index is 0.304. The van der Waals surface area contributed by atoms with Gasteiger partial charge in [-0.05, 0) is 54.1 Å². The van der Waals surface area contributed by atoms with Crippen molar-refractivity contribution in [2.45, 2.75) is 39.5 Å². The maximum Gasteiger partial charge on any atom is 0.161 e.